The number of nitrogens with one attached hydrogen (secondary N) is 1. The van der Waals surface area contributed by atoms with Crippen molar-refractivity contribution in [1.29, 1.82) is 0 Å². The number of rotatable bonds is 4. The molecule has 0 unspecified atom stereocenters. The molecular formula is C16H27IN4. The Balaban J connectivity index is 0.00000220. The van der Waals surface area contributed by atoms with Crippen LogP contribution >= 0.6 is 24.0 Å². The molecule has 21 heavy (non-hydrogen) atoms. The lowest BCUT2D eigenvalue weighted by atomic mass is 9.96. The Hall–Kier alpha value is -0.980. The van der Waals surface area contributed by atoms with Gasteiger partial charge in [0, 0.05) is 25.8 Å². The van der Waals surface area contributed by atoms with E-state index >= 15 is 0 Å². The smallest absolute Gasteiger partial charge is 0.189 e. The molecule has 1 saturated carbocycles. The molecule has 1 aliphatic rings. The van der Waals surface area contributed by atoms with Gasteiger partial charge in [-0.15, -0.1) is 24.0 Å². The first kappa shape index (κ1) is 18.1. The van der Waals surface area contributed by atoms with Gasteiger partial charge in [-0.3, -0.25) is 0 Å². The molecule has 1 aromatic carbocycles. The van der Waals surface area contributed by atoms with E-state index in [4.69, 9.17) is 5.73 Å². The Morgan fingerprint density at radius 1 is 1.29 bits per heavy atom. The minimum Gasteiger partial charge on any atom is -0.378 e. The minimum absolute atomic E-state index is 0. The summed E-state index contributed by atoms with van der Waals surface area (Å²) in [5.41, 5.74) is 8.35. The summed E-state index contributed by atoms with van der Waals surface area (Å²) in [5.74, 6) is 0.576. The molecular weight excluding hydrogens is 375 g/mol. The molecule has 1 aromatic rings. The lowest BCUT2D eigenvalue weighted by molar-refractivity contribution is 0.412. The molecule has 1 aliphatic carbocycles. The van der Waals surface area contributed by atoms with Gasteiger partial charge in [0.05, 0.1) is 6.54 Å². The maximum Gasteiger partial charge on any atom is 0.189 e. The highest BCUT2D eigenvalue weighted by molar-refractivity contribution is 14.0. The van der Waals surface area contributed by atoms with E-state index in [9.17, 15) is 0 Å². The lowest BCUT2D eigenvalue weighted by Crippen LogP contribution is -2.41. The van der Waals surface area contributed by atoms with E-state index in [0.29, 0.717) is 18.5 Å². The van der Waals surface area contributed by atoms with Crippen molar-refractivity contribution in [1.82, 2.24) is 5.32 Å². The van der Waals surface area contributed by atoms with Gasteiger partial charge in [-0.2, -0.15) is 0 Å². The predicted octanol–water partition coefficient (Wildman–Crippen LogP) is 3.11. The number of halogens is 1. The molecule has 4 nitrogen and oxygen atoms in total. The van der Waals surface area contributed by atoms with Crippen LogP contribution < -0.4 is 16.0 Å². The van der Waals surface area contributed by atoms with E-state index in [2.05, 4.69) is 39.5 Å². The van der Waals surface area contributed by atoms with Crippen LogP contribution in [0.2, 0.25) is 0 Å². The summed E-state index contributed by atoms with van der Waals surface area (Å²) in [6.07, 6.45) is 6.39. The van der Waals surface area contributed by atoms with E-state index in [-0.39, 0.29) is 24.0 Å². The van der Waals surface area contributed by atoms with E-state index in [1.807, 2.05) is 14.1 Å². The summed E-state index contributed by atoms with van der Waals surface area (Å²) in [7, 11) is 4.09. The van der Waals surface area contributed by atoms with Crippen LogP contribution in [0.1, 0.15) is 37.7 Å². The molecule has 0 aliphatic heterocycles. The quantitative estimate of drug-likeness (QED) is 0.462. The second-order valence-corrected chi connectivity index (χ2v) is 5.75. The van der Waals surface area contributed by atoms with Gasteiger partial charge in [0.2, 0.25) is 0 Å². The van der Waals surface area contributed by atoms with Gasteiger partial charge in [-0.05, 0) is 30.5 Å². The van der Waals surface area contributed by atoms with Crippen LogP contribution in [0.15, 0.2) is 29.3 Å². The highest BCUT2D eigenvalue weighted by atomic mass is 127. The zero-order valence-corrected chi connectivity index (χ0v) is 15.3. The number of nitrogens with two attached hydrogens (primary N) is 1. The van der Waals surface area contributed by atoms with Crippen molar-refractivity contribution in [2.45, 2.75) is 44.7 Å². The zero-order chi connectivity index (χ0) is 14.4. The number of nitrogens with zero attached hydrogens (tertiary/aromatic N) is 2. The molecule has 1 fully saturated rings. The summed E-state index contributed by atoms with van der Waals surface area (Å²) in [4.78, 5) is 6.55. The first-order chi connectivity index (χ1) is 9.65. The van der Waals surface area contributed by atoms with Crippen LogP contribution in [-0.2, 0) is 6.54 Å². The fourth-order valence-corrected chi connectivity index (χ4v) is 2.61. The molecule has 3 N–H and O–H groups in total. The molecule has 0 heterocycles. The third kappa shape index (κ3) is 6.11. The molecule has 0 amide bonds. The van der Waals surface area contributed by atoms with E-state index < -0.39 is 0 Å². The van der Waals surface area contributed by atoms with Crippen LogP contribution in [0.3, 0.4) is 0 Å². The largest absolute Gasteiger partial charge is 0.378 e. The molecule has 0 atom stereocenters. The van der Waals surface area contributed by atoms with Crippen molar-refractivity contribution in [3.8, 4) is 0 Å². The van der Waals surface area contributed by atoms with Crippen LogP contribution in [0.25, 0.3) is 0 Å². The van der Waals surface area contributed by atoms with Crippen molar-refractivity contribution in [3.05, 3.63) is 29.8 Å². The van der Waals surface area contributed by atoms with E-state index in [1.165, 1.54) is 43.4 Å². The molecule has 0 saturated heterocycles. The van der Waals surface area contributed by atoms with Crippen LogP contribution in [0.5, 0.6) is 0 Å². The summed E-state index contributed by atoms with van der Waals surface area (Å²) >= 11 is 0. The van der Waals surface area contributed by atoms with Crippen molar-refractivity contribution >= 4 is 35.6 Å². The van der Waals surface area contributed by atoms with Crippen molar-refractivity contribution in [2.24, 2.45) is 10.7 Å². The molecule has 0 aromatic heterocycles. The lowest BCUT2D eigenvalue weighted by Gasteiger charge is -2.23. The van der Waals surface area contributed by atoms with Crippen molar-refractivity contribution in [3.63, 3.8) is 0 Å². The standard InChI is InChI=1S/C16H26N4.HI/c1-20(2)15-10-6-7-13(11-15)12-18-16(17)19-14-8-4-3-5-9-14;/h6-7,10-11,14H,3-5,8-9,12H2,1-2H3,(H3,17,18,19);1H. The SMILES string of the molecule is CN(C)c1cccc(CN=C(N)NC2CCCCC2)c1.I. The molecule has 0 spiro atoms. The first-order valence-electron chi connectivity index (χ1n) is 7.48. The number of guanidine groups is 1. The third-order valence-electron chi connectivity index (χ3n) is 3.82. The van der Waals surface area contributed by atoms with Gasteiger partial charge < -0.3 is 16.0 Å². The summed E-state index contributed by atoms with van der Waals surface area (Å²) < 4.78 is 0. The van der Waals surface area contributed by atoms with Gasteiger partial charge >= 0.3 is 0 Å². The van der Waals surface area contributed by atoms with Gasteiger partial charge in [0.15, 0.2) is 5.96 Å². The second-order valence-electron chi connectivity index (χ2n) is 5.75. The number of hydrogen-bond acceptors (Lipinski definition) is 2. The molecule has 118 valence electrons. The fourth-order valence-electron chi connectivity index (χ4n) is 2.61. The molecule has 0 bridgehead atoms. The van der Waals surface area contributed by atoms with Crippen LogP contribution in [0.4, 0.5) is 5.69 Å². The van der Waals surface area contributed by atoms with E-state index in [0.717, 1.165) is 0 Å². The Morgan fingerprint density at radius 2 is 2.00 bits per heavy atom. The zero-order valence-electron chi connectivity index (χ0n) is 13.0. The van der Waals surface area contributed by atoms with E-state index in [1.54, 1.807) is 0 Å². The highest BCUT2D eigenvalue weighted by Crippen LogP contribution is 2.17. The summed E-state index contributed by atoms with van der Waals surface area (Å²) in [6.45, 7) is 0.632. The molecule has 0 radical (unpaired) electrons. The third-order valence-corrected chi connectivity index (χ3v) is 3.82. The average molecular weight is 402 g/mol. The van der Waals surface area contributed by atoms with Gasteiger partial charge in [-0.1, -0.05) is 31.4 Å². The fraction of sp³-hybridized carbons (Fsp3) is 0.562. The van der Waals surface area contributed by atoms with Crippen LogP contribution in [-0.4, -0.2) is 26.1 Å². The average Bonchev–Trinajstić information content (AvgIpc) is 2.46. The number of aliphatic imine (C=N–C) groups is 1. The first-order valence-corrected chi connectivity index (χ1v) is 7.48. The summed E-state index contributed by atoms with van der Waals surface area (Å²) in [5, 5.41) is 3.34. The Morgan fingerprint density at radius 3 is 2.67 bits per heavy atom. The Bertz CT molecular complexity index is 453. The predicted molar refractivity (Wildman–Crippen MR) is 102 cm³/mol. The van der Waals surface area contributed by atoms with Crippen molar-refractivity contribution < 1.29 is 0 Å². The second kappa shape index (κ2) is 9.12. The highest BCUT2D eigenvalue weighted by Gasteiger charge is 2.13. The number of hydrogen-bond donors (Lipinski definition) is 2. The number of anilines is 1. The summed E-state index contributed by atoms with van der Waals surface area (Å²) in [6, 6.07) is 8.91. The van der Waals surface area contributed by atoms with Gasteiger partial charge in [0.25, 0.3) is 0 Å². The topological polar surface area (TPSA) is 53.6 Å². The molecule has 2 rings (SSSR count). The molecule has 5 heteroatoms. The maximum atomic E-state index is 5.98. The maximum absolute atomic E-state index is 5.98. The van der Waals surface area contributed by atoms with Crippen molar-refractivity contribution in [2.75, 3.05) is 19.0 Å². The van der Waals surface area contributed by atoms with Gasteiger partial charge in [0.1, 0.15) is 0 Å². The normalized spacial score (nSPS) is 16.2. The van der Waals surface area contributed by atoms with Gasteiger partial charge in [-0.25, -0.2) is 4.99 Å². The minimum atomic E-state index is 0. The number of benzene rings is 1. The Labute approximate surface area is 145 Å². The Kier molecular flexibility index (Phi) is 7.85. The van der Waals surface area contributed by atoms with Crippen LogP contribution in [0, 0.1) is 0 Å². The monoisotopic (exact) mass is 402 g/mol.